The van der Waals surface area contributed by atoms with Crippen molar-refractivity contribution in [1.29, 1.82) is 0 Å². The normalized spacial score (nSPS) is 18.1. The Morgan fingerprint density at radius 3 is 2.79 bits per heavy atom. The van der Waals surface area contributed by atoms with Gasteiger partial charge < -0.3 is 19.5 Å². The summed E-state index contributed by atoms with van der Waals surface area (Å²) in [6.45, 7) is 6.47. The number of esters is 1. The third-order valence-corrected chi connectivity index (χ3v) is 4.16. The monoisotopic (exact) mass is 335 g/mol. The van der Waals surface area contributed by atoms with Gasteiger partial charge in [0.15, 0.2) is 5.60 Å². The van der Waals surface area contributed by atoms with E-state index in [2.05, 4.69) is 0 Å². The molecule has 0 spiro atoms. The average Bonchev–Trinajstić information content (AvgIpc) is 2.55. The molecule has 1 atom stereocenters. The highest BCUT2D eigenvalue weighted by molar-refractivity contribution is 5.79. The maximum atomic E-state index is 12.0. The van der Waals surface area contributed by atoms with E-state index in [1.165, 1.54) is 4.90 Å². The summed E-state index contributed by atoms with van der Waals surface area (Å²) in [5, 5.41) is 9.17. The van der Waals surface area contributed by atoms with Gasteiger partial charge in [0.25, 0.3) is 0 Å². The summed E-state index contributed by atoms with van der Waals surface area (Å²) in [4.78, 5) is 24.6. The van der Waals surface area contributed by atoms with Gasteiger partial charge in [0, 0.05) is 19.0 Å². The highest BCUT2D eigenvalue weighted by atomic mass is 16.6. The zero-order chi connectivity index (χ0) is 17.7. The Kier molecular flexibility index (Phi) is 5.70. The van der Waals surface area contributed by atoms with E-state index >= 15 is 0 Å². The molecule has 0 aliphatic carbocycles. The fraction of sp³-hybridized carbons (Fsp3) is 0.556. The van der Waals surface area contributed by atoms with Crippen LogP contribution in [0.1, 0.15) is 45.1 Å². The minimum atomic E-state index is -1.08. The molecule has 1 heterocycles. The van der Waals surface area contributed by atoms with Gasteiger partial charge in [-0.25, -0.2) is 9.59 Å². The number of benzene rings is 1. The van der Waals surface area contributed by atoms with Crippen LogP contribution >= 0.6 is 0 Å². The Bertz CT molecular complexity index is 599. The van der Waals surface area contributed by atoms with Crippen molar-refractivity contribution in [3.63, 3.8) is 0 Å². The summed E-state index contributed by atoms with van der Waals surface area (Å²) in [7, 11) is 0. The number of rotatable bonds is 5. The molecule has 1 aliphatic rings. The van der Waals surface area contributed by atoms with Crippen LogP contribution in [0, 0.1) is 0 Å². The van der Waals surface area contributed by atoms with Gasteiger partial charge in [-0.2, -0.15) is 0 Å². The zero-order valence-electron chi connectivity index (χ0n) is 14.4. The topological polar surface area (TPSA) is 76.1 Å². The van der Waals surface area contributed by atoms with E-state index < -0.39 is 17.7 Å². The minimum absolute atomic E-state index is 0.143. The van der Waals surface area contributed by atoms with Crippen LogP contribution in [-0.4, -0.2) is 47.4 Å². The molecule has 1 aliphatic heterocycles. The molecule has 1 N–H and O–H groups in total. The smallest absolute Gasteiger partial charge is 0.407 e. The minimum Gasteiger partial charge on any atom is -0.476 e. The number of carboxylic acid groups (broad SMARTS) is 1. The van der Waals surface area contributed by atoms with Crippen molar-refractivity contribution in [3.8, 4) is 5.75 Å². The van der Waals surface area contributed by atoms with Gasteiger partial charge in [0.2, 0.25) is 0 Å². The molecule has 0 aromatic heterocycles. The number of likely N-dealkylation sites (tertiary alicyclic amines) is 1. The zero-order valence-corrected chi connectivity index (χ0v) is 14.4. The number of carbonyl (C=O) groups excluding carboxylic acids is 1. The summed E-state index contributed by atoms with van der Waals surface area (Å²) < 4.78 is 10.8. The first-order valence-electron chi connectivity index (χ1n) is 8.27. The molecule has 1 amide bonds. The van der Waals surface area contributed by atoms with Crippen molar-refractivity contribution in [2.45, 2.75) is 45.1 Å². The van der Waals surface area contributed by atoms with Crippen molar-refractivity contribution in [3.05, 3.63) is 29.8 Å². The lowest BCUT2D eigenvalue weighted by atomic mass is 9.90. The van der Waals surface area contributed by atoms with Gasteiger partial charge in [-0.3, -0.25) is 0 Å². The molecule has 1 aromatic carbocycles. The van der Waals surface area contributed by atoms with E-state index in [9.17, 15) is 14.7 Å². The van der Waals surface area contributed by atoms with Crippen LogP contribution in [0.15, 0.2) is 24.3 Å². The predicted octanol–water partition coefficient (Wildman–Crippen LogP) is 3.26. The lowest BCUT2D eigenvalue weighted by molar-refractivity contribution is -0.158. The molecule has 132 valence electrons. The third kappa shape index (κ3) is 4.40. The van der Waals surface area contributed by atoms with Crippen LogP contribution in [0.5, 0.6) is 5.75 Å². The SMILES string of the molecule is CCOC(=O)C(C)(C)Oc1cccc(C2CCCN(C(=O)O)C2)c1. The van der Waals surface area contributed by atoms with Crippen molar-refractivity contribution in [1.82, 2.24) is 4.90 Å². The molecular weight excluding hydrogens is 310 g/mol. The Labute approximate surface area is 142 Å². The van der Waals surface area contributed by atoms with Gasteiger partial charge in [-0.1, -0.05) is 12.1 Å². The van der Waals surface area contributed by atoms with Gasteiger partial charge in [-0.15, -0.1) is 0 Å². The third-order valence-electron chi connectivity index (χ3n) is 4.16. The van der Waals surface area contributed by atoms with Gasteiger partial charge in [-0.05, 0) is 51.3 Å². The second-order valence-corrected chi connectivity index (χ2v) is 6.47. The van der Waals surface area contributed by atoms with Crippen LogP contribution in [0.2, 0.25) is 0 Å². The molecule has 0 radical (unpaired) electrons. The van der Waals surface area contributed by atoms with E-state index in [0.29, 0.717) is 25.4 Å². The van der Waals surface area contributed by atoms with E-state index in [1.807, 2.05) is 18.2 Å². The summed E-state index contributed by atoms with van der Waals surface area (Å²) >= 11 is 0. The molecule has 1 fully saturated rings. The molecule has 1 unspecified atom stereocenters. The Balaban J connectivity index is 2.11. The van der Waals surface area contributed by atoms with Crippen molar-refractivity contribution >= 4 is 12.1 Å². The first-order chi connectivity index (χ1) is 11.3. The number of nitrogens with zero attached hydrogens (tertiary/aromatic N) is 1. The van der Waals surface area contributed by atoms with Crippen LogP contribution in [0.4, 0.5) is 4.79 Å². The highest BCUT2D eigenvalue weighted by Gasteiger charge is 2.32. The molecule has 1 aromatic rings. The van der Waals surface area contributed by atoms with Crippen LogP contribution in [0.25, 0.3) is 0 Å². The molecule has 2 rings (SSSR count). The summed E-state index contributed by atoms with van der Waals surface area (Å²) in [6, 6.07) is 7.52. The second kappa shape index (κ2) is 7.55. The number of piperidine rings is 1. The predicted molar refractivity (Wildman–Crippen MR) is 89.4 cm³/mol. The van der Waals surface area contributed by atoms with E-state index in [4.69, 9.17) is 9.47 Å². The number of carbonyl (C=O) groups is 2. The van der Waals surface area contributed by atoms with Gasteiger partial charge >= 0.3 is 12.1 Å². The molecule has 6 heteroatoms. The maximum Gasteiger partial charge on any atom is 0.407 e. The maximum absolute atomic E-state index is 12.0. The summed E-state index contributed by atoms with van der Waals surface area (Å²) in [5.74, 6) is 0.312. The Hall–Kier alpha value is -2.24. The Morgan fingerprint density at radius 1 is 1.38 bits per heavy atom. The fourth-order valence-corrected chi connectivity index (χ4v) is 2.90. The molecular formula is C18H25NO5. The van der Waals surface area contributed by atoms with Crippen molar-refractivity contribution < 1.29 is 24.2 Å². The lowest BCUT2D eigenvalue weighted by Gasteiger charge is -2.31. The van der Waals surface area contributed by atoms with Crippen LogP contribution in [-0.2, 0) is 9.53 Å². The molecule has 1 saturated heterocycles. The lowest BCUT2D eigenvalue weighted by Crippen LogP contribution is -2.40. The molecule has 6 nitrogen and oxygen atoms in total. The molecule has 24 heavy (non-hydrogen) atoms. The van der Waals surface area contributed by atoms with E-state index in [-0.39, 0.29) is 5.92 Å². The largest absolute Gasteiger partial charge is 0.476 e. The van der Waals surface area contributed by atoms with Crippen molar-refractivity contribution in [2.24, 2.45) is 0 Å². The summed E-state index contributed by atoms with van der Waals surface area (Å²) in [6.07, 6.45) is 0.903. The van der Waals surface area contributed by atoms with Gasteiger partial charge in [0.1, 0.15) is 5.75 Å². The first kappa shape index (κ1) is 18.1. The molecule has 0 bridgehead atoms. The Morgan fingerprint density at radius 2 is 2.12 bits per heavy atom. The van der Waals surface area contributed by atoms with E-state index in [1.54, 1.807) is 26.8 Å². The quantitative estimate of drug-likeness (QED) is 0.836. The average molecular weight is 335 g/mol. The van der Waals surface area contributed by atoms with Crippen molar-refractivity contribution in [2.75, 3.05) is 19.7 Å². The van der Waals surface area contributed by atoms with Crippen LogP contribution < -0.4 is 4.74 Å². The number of ether oxygens (including phenoxy) is 2. The number of hydrogen-bond donors (Lipinski definition) is 1. The first-order valence-corrected chi connectivity index (χ1v) is 8.27. The van der Waals surface area contributed by atoms with Crippen LogP contribution in [0.3, 0.4) is 0 Å². The molecule has 0 saturated carbocycles. The van der Waals surface area contributed by atoms with E-state index in [0.717, 1.165) is 18.4 Å². The second-order valence-electron chi connectivity index (χ2n) is 6.47. The van der Waals surface area contributed by atoms with Gasteiger partial charge in [0.05, 0.1) is 6.61 Å². The number of amides is 1. The fourth-order valence-electron chi connectivity index (χ4n) is 2.90. The highest BCUT2D eigenvalue weighted by Crippen LogP contribution is 2.30. The standard InChI is InChI=1S/C18H25NO5/c1-4-23-16(20)18(2,3)24-15-9-5-7-13(11-15)14-8-6-10-19(12-14)17(21)22/h5,7,9,11,14H,4,6,8,10,12H2,1-3H3,(H,21,22). The summed E-state index contributed by atoms with van der Waals surface area (Å²) in [5.41, 5.74) is -0.0491. The number of hydrogen-bond acceptors (Lipinski definition) is 4.